The van der Waals surface area contributed by atoms with E-state index in [2.05, 4.69) is 10.3 Å². The average Bonchev–Trinajstić information content (AvgIpc) is 2.51. The second kappa shape index (κ2) is 6.77. The molecule has 1 aromatic heterocycles. The SMILES string of the molecule is CCC(C)C(NC(=O)c1cc2cc(C)ccc2nc1C)C(N)=O. The molecular weight excluding hydrogens is 290 g/mol. The van der Waals surface area contributed by atoms with Crippen molar-refractivity contribution >= 4 is 22.7 Å². The molecule has 1 heterocycles. The highest BCUT2D eigenvalue weighted by atomic mass is 16.2. The first-order valence-electron chi connectivity index (χ1n) is 7.81. The van der Waals surface area contributed by atoms with E-state index < -0.39 is 11.9 Å². The minimum atomic E-state index is -0.680. The minimum absolute atomic E-state index is 0.0209. The maximum atomic E-state index is 12.6. The van der Waals surface area contributed by atoms with Gasteiger partial charge in [0, 0.05) is 5.39 Å². The predicted molar refractivity (Wildman–Crippen MR) is 91.1 cm³/mol. The molecule has 2 atom stereocenters. The molecular formula is C18H23N3O2. The number of benzene rings is 1. The number of hydrogen-bond donors (Lipinski definition) is 2. The van der Waals surface area contributed by atoms with E-state index in [1.807, 2.05) is 45.0 Å². The number of primary amides is 1. The molecule has 2 amide bonds. The van der Waals surface area contributed by atoms with Gasteiger partial charge in [-0.3, -0.25) is 14.6 Å². The Balaban J connectivity index is 2.36. The number of carbonyl (C=O) groups excluding carboxylic acids is 2. The number of nitrogens with zero attached hydrogens (tertiary/aromatic N) is 1. The first-order valence-corrected chi connectivity index (χ1v) is 7.81. The highest BCUT2D eigenvalue weighted by molar-refractivity contribution is 6.00. The van der Waals surface area contributed by atoms with Crippen LogP contribution in [-0.4, -0.2) is 22.8 Å². The Morgan fingerprint density at radius 2 is 1.96 bits per heavy atom. The zero-order chi connectivity index (χ0) is 17.1. The van der Waals surface area contributed by atoms with Gasteiger partial charge in [-0.25, -0.2) is 0 Å². The summed E-state index contributed by atoms with van der Waals surface area (Å²) in [5.41, 5.74) is 8.47. The van der Waals surface area contributed by atoms with Crippen LogP contribution >= 0.6 is 0 Å². The van der Waals surface area contributed by atoms with Crippen molar-refractivity contribution in [2.45, 2.75) is 40.2 Å². The van der Waals surface area contributed by atoms with Crippen LogP contribution in [0.4, 0.5) is 0 Å². The van der Waals surface area contributed by atoms with E-state index in [0.29, 0.717) is 11.3 Å². The van der Waals surface area contributed by atoms with Crippen LogP contribution in [0.5, 0.6) is 0 Å². The van der Waals surface area contributed by atoms with Crippen LogP contribution in [0, 0.1) is 19.8 Å². The second-order valence-electron chi connectivity index (χ2n) is 6.06. The third kappa shape index (κ3) is 3.67. The first-order chi connectivity index (χ1) is 10.8. The molecule has 2 unspecified atom stereocenters. The Kier molecular flexibility index (Phi) is 4.98. The fraction of sp³-hybridized carbons (Fsp3) is 0.389. The summed E-state index contributed by atoms with van der Waals surface area (Å²) in [5.74, 6) is -0.857. The Hall–Kier alpha value is -2.43. The average molecular weight is 313 g/mol. The van der Waals surface area contributed by atoms with Gasteiger partial charge in [0.15, 0.2) is 0 Å². The number of hydrogen-bond acceptors (Lipinski definition) is 3. The molecule has 2 rings (SSSR count). The minimum Gasteiger partial charge on any atom is -0.368 e. The number of amides is 2. The summed E-state index contributed by atoms with van der Waals surface area (Å²) >= 11 is 0. The fourth-order valence-electron chi connectivity index (χ4n) is 2.57. The molecule has 5 nitrogen and oxygen atoms in total. The highest BCUT2D eigenvalue weighted by Gasteiger charge is 2.25. The van der Waals surface area contributed by atoms with Crippen molar-refractivity contribution in [3.63, 3.8) is 0 Å². The van der Waals surface area contributed by atoms with Gasteiger partial charge in [-0.05, 0) is 38.0 Å². The van der Waals surface area contributed by atoms with Gasteiger partial charge in [0.2, 0.25) is 5.91 Å². The molecule has 0 spiro atoms. The summed E-state index contributed by atoms with van der Waals surface area (Å²) in [4.78, 5) is 28.6. The largest absolute Gasteiger partial charge is 0.368 e. The van der Waals surface area contributed by atoms with E-state index in [0.717, 1.165) is 22.9 Å². The third-order valence-corrected chi connectivity index (χ3v) is 4.21. The molecule has 0 aliphatic heterocycles. The van der Waals surface area contributed by atoms with Gasteiger partial charge in [0.05, 0.1) is 16.8 Å². The van der Waals surface area contributed by atoms with Crippen molar-refractivity contribution in [3.05, 3.63) is 41.1 Å². The number of aryl methyl sites for hydroxylation is 2. The molecule has 2 aromatic rings. The van der Waals surface area contributed by atoms with Crippen LogP contribution in [0.3, 0.4) is 0 Å². The molecule has 3 N–H and O–H groups in total. The van der Waals surface area contributed by atoms with Gasteiger partial charge in [-0.2, -0.15) is 0 Å². The Labute approximate surface area is 136 Å². The zero-order valence-electron chi connectivity index (χ0n) is 14.0. The Bertz CT molecular complexity index is 755. The van der Waals surface area contributed by atoms with E-state index in [-0.39, 0.29) is 11.8 Å². The van der Waals surface area contributed by atoms with Crippen molar-refractivity contribution in [1.29, 1.82) is 0 Å². The van der Waals surface area contributed by atoms with Gasteiger partial charge >= 0.3 is 0 Å². The summed E-state index contributed by atoms with van der Waals surface area (Å²) < 4.78 is 0. The second-order valence-corrected chi connectivity index (χ2v) is 6.06. The number of carbonyl (C=O) groups is 2. The summed E-state index contributed by atoms with van der Waals surface area (Å²) in [5, 5.41) is 3.65. The number of fused-ring (bicyclic) bond motifs is 1. The van der Waals surface area contributed by atoms with Crippen LogP contribution in [-0.2, 0) is 4.79 Å². The van der Waals surface area contributed by atoms with E-state index >= 15 is 0 Å². The molecule has 0 saturated carbocycles. The van der Waals surface area contributed by atoms with Crippen molar-refractivity contribution in [2.24, 2.45) is 11.7 Å². The van der Waals surface area contributed by atoms with Crippen molar-refractivity contribution < 1.29 is 9.59 Å². The fourth-order valence-corrected chi connectivity index (χ4v) is 2.57. The number of rotatable bonds is 5. The molecule has 0 radical (unpaired) electrons. The molecule has 122 valence electrons. The molecule has 0 aliphatic rings. The summed E-state index contributed by atoms with van der Waals surface area (Å²) in [6.07, 6.45) is 0.752. The van der Waals surface area contributed by atoms with Gasteiger partial charge < -0.3 is 11.1 Å². The quantitative estimate of drug-likeness (QED) is 0.889. The number of nitrogens with one attached hydrogen (secondary N) is 1. The lowest BCUT2D eigenvalue weighted by molar-refractivity contribution is -0.120. The van der Waals surface area contributed by atoms with Crippen LogP contribution in [0.2, 0.25) is 0 Å². The van der Waals surface area contributed by atoms with E-state index in [1.54, 1.807) is 6.92 Å². The predicted octanol–water partition coefficient (Wildman–Crippen LogP) is 2.48. The van der Waals surface area contributed by atoms with Crippen molar-refractivity contribution in [2.75, 3.05) is 0 Å². The molecule has 0 fully saturated rings. The van der Waals surface area contributed by atoms with Crippen molar-refractivity contribution in [1.82, 2.24) is 10.3 Å². The van der Waals surface area contributed by atoms with Crippen LogP contribution in [0.25, 0.3) is 10.9 Å². The number of pyridine rings is 1. The lowest BCUT2D eigenvalue weighted by Gasteiger charge is -2.21. The molecule has 5 heteroatoms. The van der Waals surface area contributed by atoms with Crippen molar-refractivity contribution in [3.8, 4) is 0 Å². The van der Waals surface area contributed by atoms with Gasteiger partial charge in [0.1, 0.15) is 6.04 Å². The topological polar surface area (TPSA) is 85.1 Å². The molecule has 0 aliphatic carbocycles. The van der Waals surface area contributed by atoms with Crippen LogP contribution < -0.4 is 11.1 Å². The molecule has 23 heavy (non-hydrogen) atoms. The smallest absolute Gasteiger partial charge is 0.253 e. The van der Waals surface area contributed by atoms with E-state index in [1.165, 1.54) is 0 Å². The summed E-state index contributed by atoms with van der Waals surface area (Å²) in [6.45, 7) is 7.63. The number of nitrogens with two attached hydrogens (primary N) is 1. The summed E-state index contributed by atoms with van der Waals surface area (Å²) in [6, 6.07) is 7.04. The standard InChI is InChI=1S/C18H23N3O2/c1-5-11(3)16(17(19)22)21-18(23)14-9-13-8-10(2)6-7-15(13)20-12(14)4/h6-9,11,16H,5H2,1-4H3,(H2,19,22)(H,21,23). The maximum Gasteiger partial charge on any atom is 0.253 e. The van der Waals surface area contributed by atoms with Gasteiger partial charge in [0.25, 0.3) is 5.91 Å². The lowest BCUT2D eigenvalue weighted by atomic mass is 9.98. The van der Waals surface area contributed by atoms with E-state index in [4.69, 9.17) is 5.73 Å². The Morgan fingerprint density at radius 1 is 1.26 bits per heavy atom. The maximum absolute atomic E-state index is 12.6. The number of aromatic nitrogens is 1. The van der Waals surface area contributed by atoms with Crippen LogP contribution in [0.1, 0.15) is 41.9 Å². The van der Waals surface area contributed by atoms with Gasteiger partial charge in [-0.15, -0.1) is 0 Å². The molecule has 1 aromatic carbocycles. The third-order valence-electron chi connectivity index (χ3n) is 4.21. The summed E-state index contributed by atoms with van der Waals surface area (Å²) in [7, 11) is 0. The monoisotopic (exact) mass is 313 g/mol. The van der Waals surface area contributed by atoms with Crippen LogP contribution in [0.15, 0.2) is 24.3 Å². The highest BCUT2D eigenvalue weighted by Crippen LogP contribution is 2.18. The normalized spacial score (nSPS) is 13.6. The lowest BCUT2D eigenvalue weighted by Crippen LogP contribution is -2.48. The first kappa shape index (κ1) is 16.9. The molecule has 0 bridgehead atoms. The Morgan fingerprint density at radius 3 is 2.57 bits per heavy atom. The van der Waals surface area contributed by atoms with E-state index in [9.17, 15) is 9.59 Å². The molecule has 0 saturated heterocycles. The van der Waals surface area contributed by atoms with Gasteiger partial charge in [-0.1, -0.05) is 31.9 Å². The zero-order valence-corrected chi connectivity index (χ0v) is 14.0.